The number of fused-ring (bicyclic) bond motifs is 2. The van der Waals surface area contributed by atoms with Crippen LogP contribution in [0.2, 0.25) is 5.02 Å². The first kappa shape index (κ1) is 31.0. The lowest BCUT2D eigenvalue weighted by Crippen LogP contribution is -2.56. The minimum atomic E-state index is -1.08. The molecule has 0 radical (unpaired) electrons. The first-order valence-corrected chi connectivity index (χ1v) is 15.8. The van der Waals surface area contributed by atoms with Crippen LogP contribution in [-0.4, -0.2) is 101 Å². The molecule has 3 aromatic rings. The third-order valence-corrected chi connectivity index (χ3v) is 9.46. The maximum atomic E-state index is 14.4. The smallest absolute Gasteiger partial charge is 0.318 e. The first-order chi connectivity index (χ1) is 21.7. The van der Waals surface area contributed by atoms with Crippen molar-refractivity contribution < 1.29 is 13.9 Å². The largest absolute Gasteiger partial charge is 0.462 e. The van der Waals surface area contributed by atoms with Crippen molar-refractivity contribution in [3.8, 4) is 6.01 Å². The second-order valence-corrected chi connectivity index (χ2v) is 12.7. The Bertz CT molecular complexity index is 1640. The highest BCUT2D eigenvalue weighted by Gasteiger charge is 2.44. The summed E-state index contributed by atoms with van der Waals surface area (Å²) in [5, 5.41) is 2.59. The molecule has 2 fully saturated rings. The fourth-order valence-electron chi connectivity index (χ4n) is 6.27. The number of piperazine rings is 1. The molecule has 0 N–H and O–H groups in total. The summed E-state index contributed by atoms with van der Waals surface area (Å²) in [6, 6.07) is 5.74. The van der Waals surface area contributed by atoms with E-state index in [1.165, 1.54) is 6.08 Å². The van der Waals surface area contributed by atoms with Gasteiger partial charge in [0.15, 0.2) is 0 Å². The van der Waals surface area contributed by atoms with E-state index in [0.29, 0.717) is 70.2 Å². The predicted molar refractivity (Wildman–Crippen MR) is 174 cm³/mol. The van der Waals surface area contributed by atoms with E-state index in [-0.39, 0.29) is 30.5 Å². The molecule has 236 valence electrons. The molecule has 1 amide bonds. The fourth-order valence-corrected chi connectivity index (χ4v) is 6.55. The highest BCUT2D eigenvalue weighted by atomic mass is 35.5. The number of likely N-dealkylation sites (N-methyl/N-ethyl adjacent to an activating group) is 1. The van der Waals surface area contributed by atoms with E-state index in [2.05, 4.69) is 26.2 Å². The SMILES string of the molecule is [C-]#[N+]C[C@H]1CN(c2nc(OC[C@@H](C)N(C)CC3(F)CC3)nc3c2CCN(c2cncc4cccc(Cl)c24)C3)CCN1C(=O)C=C. The summed E-state index contributed by atoms with van der Waals surface area (Å²) in [6.45, 7) is 16.7. The number of carbonyl (C=O) groups excluding carboxylic acids is 1. The number of benzene rings is 1. The van der Waals surface area contributed by atoms with Crippen molar-refractivity contribution in [2.75, 3.05) is 62.7 Å². The summed E-state index contributed by atoms with van der Waals surface area (Å²) in [7, 11) is 1.91. The average molecular weight is 633 g/mol. The van der Waals surface area contributed by atoms with Crippen LogP contribution < -0.4 is 14.5 Å². The Morgan fingerprint density at radius 3 is 2.87 bits per heavy atom. The second-order valence-electron chi connectivity index (χ2n) is 12.3. The van der Waals surface area contributed by atoms with E-state index >= 15 is 0 Å². The zero-order valence-corrected chi connectivity index (χ0v) is 26.5. The van der Waals surface area contributed by atoms with Crippen molar-refractivity contribution in [3.05, 3.63) is 70.9 Å². The van der Waals surface area contributed by atoms with Gasteiger partial charge in [0.25, 0.3) is 0 Å². The number of hydrogen-bond acceptors (Lipinski definition) is 8. The molecule has 2 aliphatic heterocycles. The van der Waals surface area contributed by atoms with Gasteiger partial charge in [-0.1, -0.05) is 30.3 Å². The second kappa shape index (κ2) is 12.8. The Balaban J connectivity index is 1.31. The van der Waals surface area contributed by atoms with E-state index in [1.807, 2.05) is 49.5 Å². The molecule has 12 heteroatoms. The summed E-state index contributed by atoms with van der Waals surface area (Å²) in [5.74, 6) is 0.598. The molecule has 1 saturated heterocycles. The molecule has 0 spiro atoms. The van der Waals surface area contributed by atoms with E-state index in [1.54, 1.807) is 4.90 Å². The number of aromatic nitrogens is 3. The quantitative estimate of drug-likeness (QED) is 0.238. The van der Waals surface area contributed by atoms with Gasteiger partial charge in [0.2, 0.25) is 12.5 Å². The van der Waals surface area contributed by atoms with Gasteiger partial charge in [-0.15, -0.1) is 0 Å². The number of carbonyl (C=O) groups is 1. The molecular weight excluding hydrogens is 595 g/mol. The summed E-state index contributed by atoms with van der Waals surface area (Å²) in [5.41, 5.74) is 1.73. The number of pyridine rings is 1. The molecule has 45 heavy (non-hydrogen) atoms. The summed E-state index contributed by atoms with van der Waals surface area (Å²) < 4.78 is 20.6. The molecular formula is C33H38ClFN8O2. The summed E-state index contributed by atoms with van der Waals surface area (Å²) >= 11 is 6.67. The van der Waals surface area contributed by atoms with Gasteiger partial charge >= 0.3 is 6.01 Å². The average Bonchev–Trinajstić information content (AvgIpc) is 3.78. The minimum absolute atomic E-state index is 0.0433. The third kappa shape index (κ3) is 6.53. The van der Waals surface area contributed by atoms with Crippen LogP contribution in [0, 0.1) is 6.57 Å². The van der Waals surface area contributed by atoms with Crippen molar-refractivity contribution in [3.63, 3.8) is 0 Å². The maximum absolute atomic E-state index is 14.4. The monoisotopic (exact) mass is 632 g/mol. The van der Waals surface area contributed by atoms with Gasteiger partial charge in [-0.05, 0) is 45.4 Å². The van der Waals surface area contributed by atoms with Gasteiger partial charge in [-0.2, -0.15) is 9.97 Å². The number of halogens is 2. The number of hydrogen-bond donors (Lipinski definition) is 0. The summed E-state index contributed by atoms with van der Waals surface area (Å²) in [4.78, 5) is 38.6. The van der Waals surface area contributed by atoms with Crippen LogP contribution in [0.3, 0.4) is 0 Å². The van der Waals surface area contributed by atoms with Crippen LogP contribution in [0.5, 0.6) is 6.01 Å². The van der Waals surface area contributed by atoms with Crippen molar-refractivity contribution in [2.45, 2.75) is 50.5 Å². The lowest BCUT2D eigenvalue weighted by molar-refractivity contribution is -0.128. The molecule has 2 aromatic heterocycles. The number of anilines is 2. The number of rotatable bonds is 10. The van der Waals surface area contributed by atoms with Crippen LogP contribution >= 0.6 is 11.6 Å². The lowest BCUT2D eigenvalue weighted by Gasteiger charge is -2.41. The number of nitrogens with zero attached hydrogens (tertiary/aromatic N) is 8. The zero-order valence-electron chi connectivity index (χ0n) is 25.8. The van der Waals surface area contributed by atoms with Gasteiger partial charge in [-0.3, -0.25) is 14.7 Å². The molecule has 10 nitrogen and oxygen atoms in total. The molecule has 1 aliphatic carbocycles. The normalized spacial score (nSPS) is 19.6. The van der Waals surface area contributed by atoms with E-state index in [4.69, 9.17) is 32.9 Å². The van der Waals surface area contributed by atoms with Gasteiger partial charge in [0, 0.05) is 61.3 Å². The lowest BCUT2D eigenvalue weighted by atomic mass is 10.0. The predicted octanol–water partition coefficient (Wildman–Crippen LogP) is 4.56. The Labute approximate surface area is 268 Å². The molecule has 2 atom stereocenters. The molecule has 0 unspecified atom stereocenters. The van der Waals surface area contributed by atoms with Crippen LogP contribution in [0.25, 0.3) is 15.6 Å². The topological polar surface area (TPSA) is 82.3 Å². The third-order valence-electron chi connectivity index (χ3n) is 9.15. The highest BCUT2D eigenvalue weighted by molar-refractivity contribution is 6.36. The molecule has 0 bridgehead atoms. The molecule has 4 heterocycles. The van der Waals surface area contributed by atoms with Crippen LogP contribution in [0.15, 0.2) is 43.2 Å². The van der Waals surface area contributed by atoms with E-state index < -0.39 is 5.67 Å². The van der Waals surface area contributed by atoms with Gasteiger partial charge in [-0.25, -0.2) is 11.0 Å². The number of ether oxygens (including phenoxy) is 1. The Hall–Kier alpha value is -4.01. The van der Waals surface area contributed by atoms with E-state index in [9.17, 15) is 9.18 Å². The standard InChI is InChI=1S/C33H38ClFN8O2/c1-5-29(44)43-14-13-42(18-24(43)16-36-3)31-25-9-12-41(28-17-37-15-23-7-6-8-26(34)30(23)28)19-27(25)38-32(39-31)45-20-22(2)40(4)21-33(35)10-11-33/h5-8,15,17,22,24H,1,9-14,16,18-21H2,2,4H3/t22-,24+/m1/s1. The number of amides is 1. The van der Waals surface area contributed by atoms with Crippen molar-refractivity contribution >= 4 is 39.8 Å². The van der Waals surface area contributed by atoms with Gasteiger partial charge in [0.05, 0.1) is 29.1 Å². The Morgan fingerprint density at radius 2 is 2.11 bits per heavy atom. The Morgan fingerprint density at radius 1 is 1.29 bits per heavy atom. The molecule has 6 rings (SSSR count). The van der Waals surface area contributed by atoms with Crippen molar-refractivity contribution in [1.29, 1.82) is 0 Å². The molecule has 1 saturated carbocycles. The molecule has 3 aliphatic rings. The number of alkyl halides is 1. The Kier molecular flexibility index (Phi) is 8.80. The van der Waals surface area contributed by atoms with Crippen molar-refractivity contribution in [1.82, 2.24) is 24.8 Å². The molecule has 1 aromatic carbocycles. The highest BCUT2D eigenvalue weighted by Crippen LogP contribution is 2.40. The summed E-state index contributed by atoms with van der Waals surface area (Å²) in [6.07, 6.45) is 6.87. The first-order valence-electron chi connectivity index (χ1n) is 15.4. The van der Waals surface area contributed by atoms with Gasteiger partial charge < -0.3 is 24.3 Å². The fraction of sp³-hybridized carbons (Fsp3) is 0.485. The van der Waals surface area contributed by atoms with E-state index in [0.717, 1.165) is 33.5 Å². The van der Waals surface area contributed by atoms with Crippen LogP contribution in [0.1, 0.15) is 31.0 Å². The zero-order chi connectivity index (χ0) is 31.7. The minimum Gasteiger partial charge on any atom is -0.462 e. The van der Waals surface area contributed by atoms with Crippen LogP contribution in [-0.2, 0) is 17.8 Å². The van der Waals surface area contributed by atoms with Gasteiger partial charge in [0.1, 0.15) is 24.1 Å². The van der Waals surface area contributed by atoms with Crippen LogP contribution in [0.4, 0.5) is 15.9 Å². The maximum Gasteiger partial charge on any atom is 0.318 e. The van der Waals surface area contributed by atoms with Crippen molar-refractivity contribution in [2.24, 2.45) is 0 Å².